The van der Waals surface area contributed by atoms with Gasteiger partial charge in [0.2, 0.25) is 11.8 Å². The molecule has 0 spiro atoms. The summed E-state index contributed by atoms with van der Waals surface area (Å²) in [5.74, 6) is 0.181. The monoisotopic (exact) mass is 419 g/mol. The summed E-state index contributed by atoms with van der Waals surface area (Å²) >= 11 is 1.30. The Bertz CT molecular complexity index is 878. The molecule has 2 N–H and O–H groups in total. The van der Waals surface area contributed by atoms with Crippen LogP contribution in [0.4, 0.5) is 4.39 Å². The maximum Gasteiger partial charge on any atom is 0.233 e. The zero-order valence-electron chi connectivity index (χ0n) is 16.7. The van der Waals surface area contributed by atoms with Gasteiger partial charge < -0.3 is 15.2 Å². The first kappa shape index (κ1) is 21.3. The van der Waals surface area contributed by atoms with Gasteiger partial charge in [-0.1, -0.05) is 37.7 Å². The molecular weight excluding hydrogens is 393 g/mol. The third kappa shape index (κ3) is 5.14. The molecule has 0 radical (unpaired) electrons. The molecule has 1 fully saturated rings. The molecule has 1 aliphatic rings. The largest absolute Gasteiger partial charge is 0.369 e. The van der Waals surface area contributed by atoms with Crippen LogP contribution in [-0.2, 0) is 16.1 Å². The van der Waals surface area contributed by atoms with Crippen LogP contribution in [0.3, 0.4) is 0 Å². The third-order valence-corrected chi connectivity index (χ3v) is 5.91. The van der Waals surface area contributed by atoms with Crippen molar-refractivity contribution in [2.45, 2.75) is 38.4 Å². The number of nitrogens with two attached hydrogens (primary N) is 1. The van der Waals surface area contributed by atoms with Gasteiger partial charge in [-0.3, -0.25) is 9.59 Å². The molecule has 1 aromatic carbocycles. The zero-order valence-corrected chi connectivity index (χ0v) is 17.5. The lowest BCUT2D eigenvalue weighted by Gasteiger charge is -2.30. The molecule has 3 rings (SSSR count). The number of piperidine rings is 1. The average Bonchev–Trinajstić information content (AvgIpc) is 3.08. The van der Waals surface area contributed by atoms with Crippen LogP contribution >= 0.6 is 11.8 Å². The Morgan fingerprint density at radius 2 is 1.93 bits per heavy atom. The van der Waals surface area contributed by atoms with Crippen LogP contribution in [0.2, 0.25) is 0 Å². The molecule has 0 atom stereocenters. The van der Waals surface area contributed by atoms with E-state index >= 15 is 0 Å². The lowest BCUT2D eigenvalue weighted by atomic mass is 9.96. The van der Waals surface area contributed by atoms with Crippen molar-refractivity contribution in [2.24, 2.45) is 17.6 Å². The van der Waals surface area contributed by atoms with Crippen molar-refractivity contribution in [1.29, 1.82) is 0 Å². The first-order valence-electron chi connectivity index (χ1n) is 9.74. The molecule has 2 heterocycles. The van der Waals surface area contributed by atoms with Gasteiger partial charge in [-0.05, 0) is 30.9 Å². The van der Waals surface area contributed by atoms with Crippen LogP contribution in [0.15, 0.2) is 29.4 Å². The normalized spacial score (nSPS) is 15.1. The van der Waals surface area contributed by atoms with Gasteiger partial charge in [0.1, 0.15) is 5.82 Å². The van der Waals surface area contributed by atoms with Crippen molar-refractivity contribution >= 4 is 23.6 Å². The molecule has 0 saturated carbocycles. The minimum absolute atomic E-state index is 0.00976. The zero-order chi connectivity index (χ0) is 21.0. The van der Waals surface area contributed by atoms with E-state index in [1.165, 1.54) is 17.8 Å². The minimum atomic E-state index is -0.352. The predicted octanol–water partition coefficient (Wildman–Crippen LogP) is 2.56. The van der Waals surface area contributed by atoms with E-state index in [2.05, 4.69) is 24.0 Å². The lowest BCUT2D eigenvalue weighted by Crippen LogP contribution is -2.42. The second-order valence-corrected chi connectivity index (χ2v) is 8.58. The second-order valence-electron chi connectivity index (χ2n) is 7.64. The highest BCUT2D eigenvalue weighted by molar-refractivity contribution is 7.99. The number of amides is 2. The molecule has 1 aliphatic heterocycles. The van der Waals surface area contributed by atoms with E-state index in [9.17, 15) is 14.0 Å². The predicted molar refractivity (Wildman–Crippen MR) is 109 cm³/mol. The Hall–Kier alpha value is -2.42. The van der Waals surface area contributed by atoms with Gasteiger partial charge in [0.05, 0.1) is 11.3 Å². The number of primary amides is 1. The highest BCUT2D eigenvalue weighted by Gasteiger charge is 2.26. The van der Waals surface area contributed by atoms with Crippen LogP contribution < -0.4 is 5.73 Å². The first-order chi connectivity index (χ1) is 13.9. The number of halogens is 1. The van der Waals surface area contributed by atoms with Crippen LogP contribution in [0.5, 0.6) is 0 Å². The molecular formula is C20H26FN5O2S. The van der Waals surface area contributed by atoms with Crippen LogP contribution in [0, 0.1) is 17.7 Å². The number of aromatic nitrogens is 3. The van der Waals surface area contributed by atoms with Gasteiger partial charge in [0.25, 0.3) is 0 Å². The van der Waals surface area contributed by atoms with Gasteiger partial charge in [-0.2, -0.15) is 0 Å². The molecule has 0 bridgehead atoms. The van der Waals surface area contributed by atoms with Crippen LogP contribution in [0.25, 0.3) is 11.4 Å². The summed E-state index contributed by atoms with van der Waals surface area (Å²) in [6.07, 6.45) is 1.21. The van der Waals surface area contributed by atoms with E-state index in [1.807, 2.05) is 4.57 Å². The van der Waals surface area contributed by atoms with Crippen LogP contribution in [0.1, 0.15) is 26.7 Å². The number of benzene rings is 1. The number of nitrogens with zero attached hydrogens (tertiary/aromatic N) is 4. The molecule has 9 heteroatoms. The van der Waals surface area contributed by atoms with E-state index in [0.29, 0.717) is 54.9 Å². The molecule has 2 aromatic rings. The molecule has 1 aromatic heterocycles. The fourth-order valence-corrected chi connectivity index (χ4v) is 4.25. The second kappa shape index (κ2) is 9.39. The topological polar surface area (TPSA) is 94.1 Å². The summed E-state index contributed by atoms with van der Waals surface area (Å²) in [4.78, 5) is 25.6. The third-order valence-electron chi connectivity index (χ3n) is 4.95. The number of thioether (sulfide) groups is 1. The smallest absolute Gasteiger partial charge is 0.233 e. The van der Waals surface area contributed by atoms with Gasteiger partial charge >= 0.3 is 0 Å². The Kier molecular flexibility index (Phi) is 6.89. The molecule has 2 amide bonds. The van der Waals surface area contributed by atoms with Crippen molar-refractivity contribution in [3.63, 3.8) is 0 Å². The van der Waals surface area contributed by atoms with E-state index in [4.69, 9.17) is 5.73 Å². The summed E-state index contributed by atoms with van der Waals surface area (Å²) in [6.45, 7) is 5.82. The van der Waals surface area contributed by atoms with Gasteiger partial charge in [0, 0.05) is 25.6 Å². The summed E-state index contributed by atoms with van der Waals surface area (Å²) in [7, 11) is 0. The molecule has 29 heavy (non-hydrogen) atoms. The number of hydrogen-bond acceptors (Lipinski definition) is 5. The van der Waals surface area contributed by atoms with Crippen LogP contribution in [-0.4, -0.2) is 50.3 Å². The summed E-state index contributed by atoms with van der Waals surface area (Å²) < 4.78 is 16.1. The van der Waals surface area contributed by atoms with Gasteiger partial charge in [-0.25, -0.2) is 4.39 Å². The van der Waals surface area contributed by atoms with Crippen molar-refractivity contribution < 1.29 is 14.0 Å². The average molecular weight is 420 g/mol. The first-order valence-corrected chi connectivity index (χ1v) is 10.7. The molecule has 1 saturated heterocycles. The number of rotatable bonds is 7. The quantitative estimate of drug-likeness (QED) is 0.696. The standard InChI is InChI=1S/C20H26FN5O2S/c1-13(2)11-26-19(15-5-3-4-6-16(15)21)23-24-20(26)29-12-17(27)25-9-7-14(8-10-25)18(22)28/h3-6,13-14H,7-12H2,1-2H3,(H2,22,28). The molecule has 7 nitrogen and oxygen atoms in total. The minimum Gasteiger partial charge on any atom is -0.369 e. The Labute approximate surface area is 173 Å². The highest BCUT2D eigenvalue weighted by atomic mass is 32.2. The number of carbonyl (C=O) groups excluding carboxylic acids is 2. The number of likely N-dealkylation sites (tertiary alicyclic amines) is 1. The number of hydrogen-bond donors (Lipinski definition) is 1. The highest BCUT2D eigenvalue weighted by Crippen LogP contribution is 2.27. The van der Waals surface area contributed by atoms with E-state index in [1.54, 1.807) is 23.1 Å². The maximum absolute atomic E-state index is 14.3. The van der Waals surface area contributed by atoms with Gasteiger partial charge in [0.15, 0.2) is 11.0 Å². The van der Waals surface area contributed by atoms with E-state index in [-0.39, 0.29) is 29.3 Å². The SMILES string of the molecule is CC(C)Cn1c(SCC(=O)N2CCC(C(N)=O)CC2)nnc1-c1ccccc1F. The molecule has 0 aliphatic carbocycles. The fourth-order valence-electron chi connectivity index (χ4n) is 3.40. The number of carbonyl (C=O) groups is 2. The molecule has 156 valence electrons. The van der Waals surface area contributed by atoms with Crippen molar-refractivity contribution in [3.05, 3.63) is 30.1 Å². The van der Waals surface area contributed by atoms with Gasteiger partial charge in [-0.15, -0.1) is 10.2 Å². The van der Waals surface area contributed by atoms with E-state index in [0.717, 1.165) is 0 Å². The maximum atomic E-state index is 14.3. The summed E-state index contributed by atoms with van der Waals surface area (Å²) in [6, 6.07) is 6.48. The fraction of sp³-hybridized carbons (Fsp3) is 0.500. The van der Waals surface area contributed by atoms with E-state index < -0.39 is 0 Å². The van der Waals surface area contributed by atoms with Crippen molar-refractivity contribution in [1.82, 2.24) is 19.7 Å². The Balaban J connectivity index is 1.70. The summed E-state index contributed by atoms with van der Waals surface area (Å²) in [5, 5.41) is 9.01. The molecule has 0 unspecified atom stereocenters. The lowest BCUT2D eigenvalue weighted by molar-refractivity contribution is -0.132. The summed E-state index contributed by atoms with van der Waals surface area (Å²) in [5.41, 5.74) is 5.75. The van der Waals surface area contributed by atoms with Crippen molar-refractivity contribution in [2.75, 3.05) is 18.8 Å². The van der Waals surface area contributed by atoms with Crippen molar-refractivity contribution in [3.8, 4) is 11.4 Å². The Morgan fingerprint density at radius 3 is 2.55 bits per heavy atom. The Morgan fingerprint density at radius 1 is 1.24 bits per heavy atom.